The second-order valence-electron chi connectivity index (χ2n) is 4.62. The van der Waals surface area contributed by atoms with E-state index in [0.717, 1.165) is 24.9 Å². The molecule has 100 valence electrons. The molecule has 0 bridgehead atoms. The molecule has 4 nitrogen and oxygen atoms in total. The molecule has 0 radical (unpaired) electrons. The summed E-state index contributed by atoms with van der Waals surface area (Å²) < 4.78 is 22.9. The van der Waals surface area contributed by atoms with Crippen molar-refractivity contribution in [3.63, 3.8) is 0 Å². The van der Waals surface area contributed by atoms with Crippen LogP contribution < -0.4 is 5.32 Å². The molecule has 1 aromatic rings. The summed E-state index contributed by atoms with van der Waals surface area (Å²) in [6.45, 7) is 3.34. The van der Waals surface area contributed by atoms with Gasteiger partial charge in [-0.3, -0.25) is 4.57 Å². The molecule has 0 aromatic heterocycles. The van der Waals surface area contributed by atoms with Crippen molar-refractivity contribution in [1.29, 1.82) is 0 Å². The van der Waals surface area contributed by atoms with E-state index in [-0.39, 0.29) is 0 Å². The Kier molecular flexibility index (Phi) is 4.95. The number of hydrogen-bond acceptors (Lipinski definition) is 4. The van der Waals surface area contributed by atoms with Crippen LogP contribution in [0.3, 0.4) is 0 Å². The van der Waals surface area contributed by atoms with Crippen LogP contribution in [0.4, 0.5) is 0 Å². The molecular formula is C13H20NO3P. The third-order valence-corrected chi connectivity index (χ3v) is 4.20. The van der Waals surface area contributed by atoms with Crippen molar-refractivity contribution in [3.05, 3.63) is 35.9 Å². The van der Waals surface area contributed by atoms with E-state index >= 15 is 0 Å². The minimum atomic E-state index is -2.95. The van der Waals surface area contributed by atoms with Gasteiger partial charge in [-0.25, -0.2) is 0 Å². The van der Waals surface area contributed by atoms with Gasteiger partial charge in [0.25, 0.3) is 0 Å². The molecule has 1 saturated heterocycles. The topological polar surface area (TPSA) is 47.6 Å². The normalized spacial score (nSPS) is 22.8. The van der Waals surface area contributed by atoms with Crippen molar-refractivity contribution in [3.8, 4) is 0 Å². The van der Waals surface area contributed by atoms with Crippen LogP contribution in [-0.4, -0.2) is 25.9 Å². The number of hydrogen-bond donors (Lipinski definition) is 1. The first-order valence-electron chi connectivity index (χ1n) is 6.30. The smallest absolute Gasteiger partial charge is 0.312 e. The lowest BCUT2D eigenvalue weighted by Crippen LogP contribution is -2.26. The Labute approximate surface area is 108 Å². The zero-order chi connectivity index (χ0) is 12.8. The van der Waals surface area contributed by atoms with Gasteiger partial charge in [0.15, 0.2) is 0 Å². The molecule has 0 amide bonds. The van der Waals surface area contributed by atoms with Gasteiger partial charge in [0.1, 0.15) is 0 Å². The van der Waals surface area contributed by atoms with Crippen molar-refractivity contribution in [2.24, 2.45) is 0 Å². The van der Waals surface area contributed by atoms with E-state index in [4.69, 9.17) is 9.05 Å². The Morgan fingerprint density at radius 1 is 1.33 bits per heavy atom. The molecule has 1 unspecified atom stereocenters. The maximum Gasteiger partial charge on any atom is 0.328 e. The number of benzene rings is 1. The van der Waals surface area contributed by atoms with Crippen LogP contribution in [0.5, 0.6) is 0 Å². The van der Waals surface area contributed by atoms with Gasteiger partial charge in [0.05, 0.1) is 13.2 Å². The highest BCUT2D eigenvalue weighted by Crippen LogP contribution is 2.44. The molecule has 2 rings (SSSR count). The summed E-state index contributed by atoms with van der Waals surface area (Å²) >= 11 is 0. The van der Waals surface area contributed by atoms with Crippen LogP contribution in [0.25, 0.3) is 0 Å². The lowest BCUT2D eigenvalue weighted by molar-refractivity contribution is 0.189. The number of nitrogens with one attached hydrogen (secondary N) is 1. The number of rotatable bonds is 6. The minimum absolute atomic E-state index is 0.318. The molecule has 1 heterocycles. The third-order valence-electron chi connectivity index (χ3n) is 2.98. The fourth-order valence-electron chi connectivity index (χ4n) is 1.93. The molecule has 18 heavy (non-hydrogen) atoms. The van der Waals surface area contributed by atoms with Crippen LogP contribution in [0.2, 0.25) is 0 Å². The SMILES string of the molecule is CP(=O)(OCc1ccccc1)OC[C@@H]1CCCN1. The summed E-state index contributed by atoms with van der Waals surface area (Å²) in [5.74, 6) is 0. The van der Waals surface area contributed by atoms with E-state index in [0.29, 0.717) is 19.3 Å². The summed E-state index contributed by atoms with van der Waals surface area (Å²) in [6, 6.07) is 10.0. The van der Waals surface area contributed by atoms with Crippen LogP contribution in [0.15, 0.2) is 30.3 Å². The first-order valence-corrected chi connectivity index (χ1v) is 8.29. The molecule has 1 aromatic carbocycles. The maximum atomic E-state index is 12.1. The highest BCUT2D eigenvalue weighted by atomic mass is 31.2. The predicted octanol–water partition coefficient (Wildman–Crippen LogP) is 2.79. The van der Waals surface area contributed by atoms with Crippen molar-refractivity contribution in [2.75, 3.05) is 19.8 Å². The van der Waals surface area contributed by atoms with Crippen LogP contribution in [0.1, 0.15) is 18.4 Å². The molecular weight excluding hydrogens is 249 g/mol. The lowest BCUT2D eigenvalue weighted by Gasteiger charge is -2.17. The van der Waals surface area contributed by atoms with Gasteiger partial charge in [-0.2, -0.15) is 0 Å². The molecule has 0 saturated carbocycles. The van der Waals surface area contributed by atoms with Gasteiger partial charge >= 0.3 is 7.60 Å². The van der Waals surface area contributed by atoms with Gasteiger partial charge in [0.2, 0.25) is 0 Å². The molecule has 1 aliphatic rings. The van der Waals surface area contributed by atoms with Gasteiger partial charge in [-0.1, -0.05) is 30.3 Å². The van der Waals surface area contributed by atoms with Gasteiger partial charge in [-0.15, -0.1) is 0 Å². The second-order valence-corrected chi connectivity index (χ2v) is 6.68. The fraction of sp³-hybridized carbons (Fsp3) is 0.538. The van der Waals surface area contributed by atoms with E-state index in [9.17, 15) is 4.57 Å². The Bertz CT molecular complexity index is 404. The lowest BCUT2D eigenvalue weighted by atomic mass is 10.2. The molecule has 1 N–H and O–H groups in total. The first-order chi connectivity index (χ1) is 8.66. The van der Waals surface area contributed by atoms with E-state index in [1.165, 1.54) is 6.66 Å². The Morgan fingerprint density at radius 3 is 2.78 bits per heavy atom. The average Bonchev–Trinajstić information content (AvgIpc) is 2.89. The van der Waals surface area contributed by atoms with Crippen LogP contribution >= 0.6 is 7.60 Å². The summed E-state index contributed by atoms with van der Waals surface area (Å²) in [5.41, 5.74) is 1.00. The Morgan fingerprint density at radius 2 is 2.11 bits per heavy atom. The fourth-order valence-corrected chi connectivity index (χ4v) is 2.84. The molecule has 1 fully saturated rings. The van der Waals surface area contributed by atoms with E-state index in [1.807, 2.05) is 30.3 Å². The zero-order valence-electron chi connectivity index (χ0n) is 10.7. The van der Waals surface area contributed by atoms with Crippen molar-refractivity contribution in [2.45, 2.75) is 25.5 Å². The molecule has 1 aliphatic heterocycles. The largest absolute Gasteiger partial charge is 0.328 e. The first kappa shape index (κ1) is 13.8. The van der Waals surface area contributed by atoms with Gasteiger partial charge < -0.3 is 14.4 Å². The second kappa shape index (κ2) is 6.48. The van der Waals surface area contributed by atoms with Gasteiger partial charge in [-0.05, 0) is 24.9 Å². The molecule has 0 spiro atoms. The van der Waals surface area contributed by atoms with Crippen molar-refractivity contribution >= 4 is 7.60 Å². The summed E-state index contributed by atoms with van der Waals surface area (Å²) in [5, 5.41) is 3.30. The van der Waals surface area contributed by atoms with Gasteiger partial charge in [0, 0.05) is 12.7 Å². The molecule has 2 atom stereocenters. The zero-order valence-corrected chi connectivity index (χ0v) is 11.6. The average molecular weight is 269 g/mol. The van der Waals surface area contributed by atoms with E-state index in [2.05, 4.69) is 5.32 Å². The van der Waals surface area contributed by atoms with Crippen molar-refractivity contribution in [1.82, 2.24) is 5.32 Å². The standard InChI is InChI=1S/C13H20NO3P/c1-18(15,17-11-13-8-5-9-14-13)16-10-12-6-3-2-4-7-12/h2-4,6-7,13-14H,5,8-11H2,1H3/t13-,18?/m0/s1. The Hall–Kier alpha value is -0.670. The highest BCUT2D eigenvalue weighted by Gasteiger charge is 2.21. The van der Waals surface area contributed by atoms with Crippen LogP contribution in [-0.2, 0) is 20.2 Å². The highest BCUT2D eigenvalue weighted by molar-refractivity contribution is 7.52. The third kappa shape index (κ3) is 4.54. The van der Waals surface area contributed by atoms with Crippen LogP contribution in [0, 0.1) is 0 Å². The summed E-state index contributed by atoms with van der Waals surface area (Å²) in [6.07, 6.45) is 2.24. The predicted molar refractivity (Wildman–Crippen MR) is 71.7 cm³/mol. The monoisotopic (exact) mass is 269 g/mol. The summed E-state index contributed by atoms with van der Waals surface area (Å²) in [4.78, 5) is 0. The quantitative estimate of drug-likeness (QED) is 0.807. The van der Waals surface area contributed by atoms with E-state index in [1.54, 1.807) is 0 Å². The molecule has 0 aliphatic carbocycles. The Balaban J connectivity index is 1.74. The molecule has 5 heteroatoms. The van der Waals surface area contributed by atoms with Crippen molar-refractivity contribution < 1.29 is 13.6 Å². The van der Waals surface area contributed by atoms with E-state index < -0.39 is 7.60 Å². The summed E-state index contributed by atoms with van der Waals surface area (Å²) in [7, 11) is -2.95. The minimum Gasteiger partial charge on any atom is -0.312 e. The maximum absolute atomic E-state index is 12.1.